The zero-order valence-electron chi connectivity index (χ0n) is 16.5. The summed E-state index contributed by atoms with van der Waals surface area (Å²) in [6.07, 6.45) is 0.844. The lowest BCUT2D eigenvalue weighted by Gasteiger charge is -2.16. The number of aliphatic hydroxyl groups excluding tert-OH is 1. The maximum Gasteiger partial charge on any atom is 0.122 e. The molecule has 0 bridgehead atoms. The third-order valence-corrected chi connectivity index (χ3v) is 5.38. The molecule has 0 aliphatic heterocycles. The van der Waals surface area contributed by atoms with Crippen LogP contribution in [0.15, 0.2) is 91.1 Å². The Bertz CT molecular complexity index is 1330. The Kier molecular flexibility index (Phi) is 4.62. The standard InChI is InChI=1S/C26H20N2O2/c1-30-19-12-9-18(10-13-19)24-16-22(26(29)23-8-4-5-15-27-23)21-14-11-17-6-2-3-7-20(17)25(21)28-24/h2-16,26,29H,1H3. The number of aromatic nitrogens is 2. The lowest BCUT2D eigenvalue weighted by molar-refractivity contribution is 0.217. The number of ether oxygens (including phenoxy) is 1. The molecule has 0 spiro atoms. The molecule has 4 nitrogen and oxygen atoms in total. The molecule has 5 rings (SSSR count). The summed E-state index contributed by atoms with van der Waals surface area (Å²) in [6.45, 7) is 0. The Morgan fingerprint density at radius 3 is 2.40 bits per heavy atom. The monoisotopic (exact) mass is 392 g/mol. The van der Waals surface area contributed by atoms with Gasteiger partial charge in [-0.05, 0) is 53.4 Å². The molecule has 5 aromatic rings. The van der Waals surface area contributed by atoms with Crippen LogP contribution >= 0.6 is 0 Å². The number of hydrogen-bond acceptors (Lipinski definition) is 4. The third-order valence-electron chi connectivity index (χ3n) is 5.38. The molecule has 0 aliphatic carbocycles. The first-order chi connectivity index (χ1) is 14.7. The van der Waals surface area contributed by atoms with Gasteiger partial charge >= 0.3 is 0 Å². The second kappa shape index (κ2) is 7.58. The van der Waals surface area contributed by atoms with E-state index < -0.39 is 6.10 Å². The molecule has 0 amide bonds. The van der Waals surface area contributed by atoms with Crippen molar-refractivity contribution in [1.82, 2.24) is 9.97 Å². The lowest BCUT2D eigenvalue weighted by Crippen LogP contribution is -2.04. The molecule has 3 aromatic carbocycles. The van der Waals surface area contributed by atoms with Gasteiger partial charge in [0.05, 0.1) is 24.0 Å². The van der Waals surface area contributed by atoms with E-state index in [1.54, 1.807) is 13.3 Å². The van der Waals surface area contributed by atoms with E-state index in [2.05, 4.69) is 23.2 Å². The average molecular weight is 392 g/mol. The molecule has 146 valence electrons. The number of benzene rings is 3. The van der Waals surface area contributed by atoms with E-state index in [-0.39, 0.29) is 0 Å². The summed E-state index contributed by atoms with van der Waals surface area (Å²) in [7, 11) is 1.65. The summed E-state index contributed by atoms with van der Waals surface area (Å²) in [5.74, 6) is 0.790. The summed E-state index contributed by atoms with van der Waals surface area (Å²) in [6, 6.07) is 27.6. The highest BCUT2D eigenvalue weighted by Crippen LogP contribution is 2.35. The largest absolute Gasteiger partial charge is 0.497 e. The van der Waals surface area contributed by atoms with Gasteiger partial charge in [0.2, 0.25) is 0 Å². The van der Waals surface area contributed by atoms with Crippen molar-refractivity contribution in [1.29, 1.82) is 0 Å². The Morgan fingerprint density at radius 2 is 1.63 bits per heavy atom. The number of aliphatic hydroxyl groups is 1. The summed E-state index contributed by atoms with van der Waals surface area (Å²) in [5, 5.41) is 14.3. The quantitative estimate of drug-likeness (QED) is 0.408. The molecule has 2 aromatic heterocycles. The molecule has 0 fully saturated rings. The van der Waals surface area contributed by atoms with Gasteiger partial charge in [0.25, 0.3) is 0 Å². The van der Waals surface area contributed by atoms with Crippen molar-refractivity contribution in [2.24, 2.45) is 0 Å². The van der Waals surface area contributed by atoms with Crippen molar-refractivity contribution in [3.8, 4) is 17.0 Å². The fourth-order valence-corrected chi connectivity index (χ4v) is 3.82. The van der Waals surface area contributed by atoms with Crippen molar-refractivity contribution in [3.05, 3.63) is 102 Å². The first kappa shape index (κ1) is 18.3. The third kappa shape index (κ3) is 3.17. The van der Waals surface area contributed by atoms with Crippen LogP contribution in [-0.4, -0.2) is 22.2 Å². The van der Waals surface area contributed by atoms with Crippen LogP contribution in [-0.2, 0) is 0 Å². The highest BCUT2D eigenvalue weighted by molar-refractivity contribution is 6.07. The minimum absolute atomic E-state index is 0.610. The maximum atomic E-state index is 11.2. The number of rotatable bonds is 4. The second-order valence-electron chi connectivity index (χ2n) is 7.17. The van der Waals surface area contributed by atoms with Gasteiger partial charge in [-0.25, -0.2) is 4.98 Å². The molecule has 2 heterocycles. The Hall–Kier alpha value is -3.76. The van der Waals surface area contributed by atoms with Crippen LogP contribution in [0.3, 0.4) is 0 Å². The van der Waals surface area contributed by atoms with E-state index >= 15 is 0 Å². The Morgan fingerprint density at radius 1 is 0.833 bits per heavy atom. The molecule has 0 aliphatic rings. The van der Waals surface area contributed by atoms with Crippen molar-refractivity contribution >= 4 is 21.7 Å². The summed E-state index contributed by atoms with van der Waals surface area (Å²) in [4.78, 5) is 9.36. The summed E-state index contributed by atoms with van der Waals surface area (Å²) in [5.41, 5.74) is 4.02. The van der Waals surface area contributed by atoms with Crippen molar-refractivity contribution < 1.29 is 9.84 Å². The lowest BCUT2D eigenvalue weighted by atomic mass is 9.96. The molecular weight excluding hydrogens is 372 g/mol. The predicted molar refractivity (Wildman–Crippen MR) is 120 cm³/mol. The van der Waals surface area contributed by atoms with Gasteiger partial charge in [0, 0.05) is 22.5 Å². The van der Waals surface area contributed by atoms with Gasteiger partial charge in [-0.1, -0.05) is 42.5 Å². The molecule has 0 saturated carbocycles. The number of nitrogens with zero attached hydrogens (tertiary/aromatic N) is 2. The number of hydrogen-bond donors (Lipinski definition) is 1. The van der Waals surface area contributed by atoms with Gasteiger partial charge in [0.15, 0.2) is 0 Å². The Labute approximate surface area is 174 Å². The van der Waals surface area contributed by atoms with Crippen LogP contribution in [0.4, 0.5) is 0 Å². The van der Waals surface area contributed by atoms with Crippen molar-refractivity contribution in [2.45, 2.75) is 6.10 Å². The van der Waals surface area contributed by atoms with Gasteiger partial charge in [-0.15, -0.1) is 0 Å². The van der Waals surface area contributed by atoms with E-state index in [1.165, 1.54) is 0 Å². The van der Waals surface area contributed by atoms with Crippen molar-refractivity contribution in [2.75, 3.05) is 7.11 Å². The number of methoxy groups -OCH3 is 1. The van der Waals surface area contributed by atoms with Gasteiger partial charge in [-0.2, -0.15) is 0 Å². The first-order valence-electron chi connectivity index (χ1n) is 9.80. The number of fused-ring (bicyclic) bond motifs is 3. The van der Waals surface area contributed by atoms with E-state index in [4.69, 9.17) is 9.72 Å². The molecule has 1 unspecified atom stereocenters. The topological polar surface area (TPSA) is 55.2 Å². The van der Waals surface area contributed by atoms with E-state index in [9.17, 15) is 5.11 Å². The second-order valence-corrected chi connectivity index (χ2v) is 7.17. The SMILES string of the molecule is COc1ccc(-c2cc(C(O)c3ccccn3)c3ccc4ccccc4c3n2)cc1. The number of pyridine rings is 2. The zero-order valence-corrected chi connectivity index (χ0v) is 16.5. The zero-order chi connectivity index (χ0) is 20.5. The molecule has 0 radical (unpaired) electrons. The smallest absolute Gasteiger partial charge is 0.122 e. The van der Waals surface area contributed by atoms with Gasteiger partial charge < -0.3 is 9.84 Å². The van der Waals surface area contributed by atoms with E-state index in [0.29, 0.717) is 5.69 Å². The van der Waals surface area contributed by atoms with E-state index in [1.807, 2.05) is 66.7 Å². The molecule has 4 heteroatoms. The maximum absolute atomic E-state index is 11.2. The van der Waals surface area contributed by atoms with Crippen LogP contribution < -0.4 is 4.74 Å². The highest BCUT2D eigenvalue weighted by atomic mass is 16.5. The highest BCUT2D eigenvalue weighted by Gasteiger charge is 2.18. The summed E-state index contributed by atoms with van der Waals surface area (Å²) >= 11 is 0. The predicted octanol–water partition coefficient (Wildman–Crippen LogP) is 5.54. The minimum atomic E-state index is -0.852. The minimum Gasteiger partial charge on any atom is -0.497 e. The van der Waals surface area contributed by atoms with Crippen LogP contribution in [0.1, 0.15) is 17.4 Å². The van der Waals surface area contributed by atoms with Crippen LogP contribution in [0.2, 0.25) is 0 Å². The molecule has 1 N–H and O–H groups in total. The molecule has 0 saturated heterocycles. The fourth-order valence-electron chi connectivity index (χ4n) is 3.82. The Balaban J connectivity index is 1.79. The van der Waals surface area contributed by atoms with Crippen LogP contribution in [0, 0.1) is 0 Å². The molecule has 1 atom stereocenters. The normalized spacial score (nSPS) is 12.2. The van der Waals surface area contributed by atoms with Crippen LogP contribution in [0.5, 0.6) is 5.75 Å². The van der Waals surface area contributed by atoms with E-state index in [0.717, 1.165) is 44.2 Å². The van der Waals surface area contributed by atoms with Gasteiger partial charge in [0.1, 0.15) is 11.9 Å². The first-order valence-corrected chi connectivity index (χ1v) is 9.80. The average Bonchev–Trinajstić information content (AvgIpc) is 2.83. The molecular formula is C26H20N2O2. The fraction of sp³-hybridized carbons (Fsp3) is 0.0769. The molecule has 30 heavy (non-hydrogen) atoms. The van der Waals surface area contributed by atoms with Gasteiger partial charge in [-0.3, -0.25) is 4.98 Å². The van der Waals surface area contributed by atoms with Crippen LogP contribution in [0.25, 0.3) is 32.9 Å². The summed E-state index contributed by atoms with van der Waals surface area (Å²) < 4.78 is 5.28. The van der Waals surface area contributed by atoms with Crippen molar-refractivity contribution in [3.63, 3.8) is 0 Å².